The number of hydrogen-bond donors (Lipinski definition) is 2. The largest absolute Gasteiger partial charge is 0.618 e. The van der Waals surface area contributed by atoms with Gasteiger partial charge in [0.2, 0.25) is 5.92 Å². The van der Waals surface area contributed by atoms with Crippen molar-refractivity contribution in [3.05, 3.63) is 40.5 Å². The maximum Gasteiger partial charge on any atom is 0.325 e. The fraction of sp³-hybridized carbons (Fsp3) is 0.500. The second-order valence-electron chi connectivity index (χ2n) is 8.47. The summed E-state index contributed by atoms with van der Waals surface area (Å²) >= 11 is 0. The van der Waals surface area contributed by atoms with Gasteiger partial charge >= 0.3 is 5.03 Å². The standard InChI is InChI=1S/C18H21F4N5O4S/c1-10-13(15(28)24-11-4-5-27(29)12(6-11)32(23,30)31)26(25-14(10)17(3,19)20)9-16(2)7-18(21,22)8-16/h4-6H,7-9H2,1-3H3,(H,24,28)(H2,23,30,31). The lowest BCUT2D eigenvalue weighted by atomic mass is 9.67. The Morgan fingerprint density at radius 3 is 2.50 bits per heavy atom. The van der Waals surface area contributed by atoms with Gasteiger partial charge in [-0.1, -0.05) is 6.92 Å². The average molecular weight is 479 g/mol. The number of nitrogens with zero attached hydrogens (tertiary/aromatic N) is 3. The molecule has 1 saturated carbocycles. The van der Waals surface area contributed by atoms with Gasteiger partial charge < -0.3 is 10.5 Å². The lowest BCUT2D eigenvalue weighted by Crippen LogP contribution is -2.47. The Hall–Kier alpha value is -2.74. The van der Waals surface area contributed by atoms with Crippen molar-refractivity contribution in [1.82, 2.24) is 9.78 Å². The molecular formula is C18H21F4N5O4S. The van der Waals surface area contributed by atoms with E-state index in [4.69, 9.17) is 5.14 Å². The minimum absolute atomic E-state index is 0.0200. The molecule has 9 nitrogen and oxygen atoms in total. The monoisotopic (exact) mass is 479 g/mol. The van der Waals surface area contributed by atoms with Crippen LogP contribution in [0.2, 0.25) is 0 Å². The van der Waals surface area contributed by atoms with Crippen molar-refractivity contribution in [2.75, 3.05) is 5.32 Å². The first-order valence-corrected chi connectivity index (χ1v) is 10.9. The third-order valence-electron chi connectivity index (χ3n) is 5.16. The summed E-state index contributed by atoms with van der Waals surface area (Å²) in [5, 5.41) is 21.9. The van der Waals surface area contributed by atoms with E-state index in [1.807, 2.05) is 0 Å². The maximum absolute atomic E-state index is 14.0. The van der Waals surface area contributed by atoms with Crippen LogP contribution in [0.5, 0.6) is 0 Å². The van der Waals surface area contributed by atoms with Crippen molar-refractivity contribution in [2.45, 2.75) is 57.0 Å². The molecule has 176 valence electrons. The summed E-state index contributed by atoms with van der Waals surface area (Å²) in [7, 11) is -4.41. The average Bonchev–Trinajstić information content (AvgIpc) is 2.89. The molecule has 32 heavy (non-hydrogen) atoms. The molecule has 1 aliphatic carbocycles. The van der Waals surface area contributed by atoms with Crippen LogP contribution in [0, 0.1) is 17.5 Å². The fourth-order valence-electron chi connectivity index (χ4n) is 3.98. The molecule has 3 N–H and O–H groups in total. The third-order valence-corrected chi connectivity index (χ3v) is 6.04. The van der Waals surface area contributed by atoms with Gasteiger partial charge in [0.05, 0.1) is 5.69 Å². The minimum atomic E-state index is -4.41. The van der Waals surface area contributed by atoms with Crippen LogP contribution in [0.3, 0.4) is 0 Å². The number of rotatable bonds is 6. The highest BCUT2D eigenvalue weighted by molar-refractivity contribution is 7.89. The van der Waals surface area contributed by atoms with Gasteiger partial charge in [-0.25, -0.2) is 22.3 Å². The molecule has 0 aromatic carbocycles. The van der Waals surface area contributed by atoms with E-state index < -0.39 is 56.8 Å². The SMILES string of the molecule is Cc1c(C(C)(F)F)nn(CC2(C)CC(F)(F)C2)c1C(=O)Nc1cc[n+]([O-])c(S(N)(=O)=O)c1. The molecule has 0 radical (unpaired) electrons. The van der Waals surface area contributed by atoms with Crippen LogP contribution < -0.4 is 15.2 Å². The van der Waals surface area contributed by atoms with E-state index in [2.05, 4.69) is 10.4 Å². The number of hydrogen-bond acceptors (Lipinski definition) is 5. The zero-order valence-electron chi connectivity index (χ0n) is 17.3. The van der Waals surface area contributed by atoms with E-state index in [0.29, 0.717) is 6.92 Å². The van der Waals surface area contributed by atoms with Crippen LogP contribution in [0.15, 0.2) is 23.4 Å². The third kappa shape index (κ3) is 4.70. The lowest BCUT2D eigenvalue weighted by Gasteiger charge is -2.44. The van der Waals surface area contributed by atoms with Crippen molar-refractivity contribution in [3.8, 4) is 0 Å². The van der Waals surface area contributed by atoms with Crippen molar-refractivity contribution >= 4 is 21.6 Å². The van der Waals surface area contributed by atoms with Crippen LogP contribution in [0.4, 0.5) is 23.2 Å². The Balaban J connectivity index is 1.99. The predicted molar refractivity (Wildman–Crippen MR) is 104 cm³/mol. The number of alkyl halides is 4. The van der Waals surface area contributed by atoms with E-state index in [1.54, 1.807) is 0 Å². The zero-order valence-corrected chi connectivity index (χ0v) is 18.1. The molecule has 0 atom stereocenters. The molecule has 1 amide bonds. The van der Waals surface area contributed by atoms with E-state index in [9.17, 15) is 36.0 Å². The van der Waals surface area contributed by atoms with Crippen LogP contribution in [-0.4, -0.2) is 30.0 Å². The number of primary sulfonamides is 1. The summed E-state index contributed by atoms with van der Waals surface area (Å²) in [6.07, 6.45) is -0.182. The topological polar surface area (TPSA) is 134 Å². The smallest absolute Gasteiger partial charge is 0.325 e. The summed E-state index contributed by atoms with van der Waals surface area (Å²) in [6.45, 7) is 3.17. The highest BCUT2D eigenvalue weighted by Gasteiger charge is 2.54. The number of sulfonamides is 1. The molecule has 3 rings (SSSR count). The summed E-state index contributed by atoms with van der Waals surface area (Å²) in [5.74, 6) is -7.22. The molecule has 2 aromatic heterocycles. The predicted octanol–water partition coefficient (Wildman–Crippen LogP) is 2.27. The molecule has 0 saturated heterocycles. The number of amides is 1. The number of pyridine rings is 1. The number of halogens is 4. The lowest BCUT2D eigenvalue weighted by molar-refractivity contribution is -0.646. The molecule has 0 bridgehead atoms. The first-order chi connectivity index (χ1) is 14.4. The van der Waals surface area contributed by atoms with Gasteiger partial charge in [0, 0.05) is 44.0 Å². The highest BCUT2D eigenvalue weighted by Crippen LogP contribution is 2.52. The van der Waals surface area contributed by atoms with Crippen molar-refractivity contribution < 1.29 is 35.5 Å². The fourth-order valence-corrected chi connectivity index (χ4v) is 4.59. The summed E-state index contributed by atoms with van der Waals surface area (Å²) in [6, 6.07) is 1.89. The molecule has 2 heterocycles. The summed E-state index contributed by atoms with van der Waals surface area (Å²) in [4.78, 5) is 12.9. The summed E-state index contributed by atoms with van der Waals surface area (Å²) < 4.78 is 78.9. The van der Waals surface area contributed by atoms with Gasteiger partial charge in [0.1, 0.15) is 11.4 Å². The van der Waals surface area contributed by atoms with Crippen LogP contribution >= 0.6 is 0 Å². The number of aromatic nitrogens is 3. The minimum Gasteiger partial charge on any atom is -0.618 e. The molecule has 0 spiro atoms. The van der Waals surface area contributed by atoms with Crippen LogP contribution in [0.25, 0.3) is 0 Å². The Bertz CT molecular complexity index is 1180. The second-order valence-corrected chi connectivity index (χ2v) is 9.98. The first-order valence-electron chi connectivity index (χ1n) is 9.33. The molecule has 1 aliphatic rings. The molecule has 2 aromatic rings. The Labute approximate surface area is 180 Å². The van der Waals surface area contributed by atoms with Crippen molar-refractivity contribution in [3.63, 3.8) is 0 Å². The van der Waals surface area contributed by atoms with Crippen molar-refractivity contribution in [2.24, 2.45) is 10.6 Å². The number of anilines is 1. The first kappa shape index (κ1) is 23.9. The zero-order chi connectivity index (χ0) is 24.3. The maximum atomic E-state index is 14.0. The van der Waals surface area contributed by atoms with Crippen LogP contribution in [-0.2, 0) is 22.5 Å². The van der Waals surface area contributed by atoms with Gasteiger partial charge in [-0.15, -0.1) is 0 Å². The number of carbonyl (C=O) groups is 1. The second kappa shape index (κ2) is 7.40. The highest BCUT2D eigenvalue weighted by atomic mass is 32.2. The number of nitrogens with two attached hydrogens (primary N) is 1. The van der Waals surface area contributed by atoms with E-state index in [-0.39, 0.29) is 28.2 Å². The quantitative estimate of drug-likeness (QED) is 0.372. The van der Waals surface area contributed by atoms with Gasteiger partial charge in [0.25, 0.3) is 21.9 Å². The number of carbonyl (C=O) groups excluding carboxylic acids is 1. The molecular weight excluding hydrogens is 458 g/mol. The van der Waals surface area contributed by atoms with Crippen LogP contribution in [0.1, 0.15) is 48.4 Å². The van der Waals surface area contributed by atoms with Gasteiger partial charge in [0.15, 0.2) is 6.20 Å². The molecule has 14 heteroatoms. The Morgan fingerprint density at radius 2 is 2.00 bits per heavy atom. The van der Waals surface area contributed by atoms with E-state index >= 15 is 0 Å². The Kier molecular flexibility index (Phi) is 5.53. The van der Waals surface area contributed by atoms with Gasteiger partial charge in [-0.05, 0) is 12.3 Å². The van der Waals surface area contributed by atoms with Gasteiger partial charge in [-0.3, -0.25) is 9.48 Å². The van der Waals surface area contributed by atoms with Gasteiger partial charge in [-0.2, -0.15) is 18.6 Å². The van der Waals surface area contributed by atoms with E-state index in [1.165, 1.54) is 13.8 Å². The molecule has 0 aliphatic heterocycles. The molecule has 1 fully saturated rings. The van der Waals surface area contributed by atoms with Crippen molar-refractivity contribution in [1.29, 1.82) is 0 Å². The number of nitrogens with one attached hydrogen (secondary N) is 1. The Morgan fingerprint density at radius 1 is 1.41 bits per heavy atom. The molecule has 0 unspecified atom stereocenters. The normalized spacial score (nSPS) is 17.6. The van der Waals surface area contributed by atoms with E-state index in [0.717, 1.165) is 23.0 Å². The summed E-state index contributed by atoms with van der Waals surface area (Å²) in [5.41, 5.74) is -2.25.